The maximum absolute atomic E-state index is 12.3. The second kappa shape index (κ2) is 11.5. The van der Waals surface area contributed by atoms with Crippen LogP contribution in [0.4, 0.5) is 5.69 Å². The van der Waals surface area contributed by atoms with E-state index in [4.69, 9.17) is 23.7 Å². The van der Waals surface area contributed by atoms with E-state index in [9.17, 15) is 24.0 Å². The number of esters is 4. The molecule has 0 bridgehead atoms. The summed E-state index contributed by atoms with van der Waals surface area (Å²) in [6, 6.07) is 4.13. The van der Waals surface area contributed by atoms with E-state index >= 15 is 0 Å². The predicted octanol–water partition coefficient (Wildman–Crippen LogP) is 1.81. The summed E-state index contributed by atoms with van der Waals surface area (Å²) in [6.45, 7) is 4.40. The number of rotatable bonds is 8. The lowest BCUT2D eigenvalue weighted by molar-refractivity contribution is -0.158. The van der Waals surface area contributed by atoms with Gasteiger partial charge >= 0.3 is 23.9 Å². The molecule has 0 aliphatic heterocycles. The Morgan fingerprint density at radius 1 is 0.818 bits per heavy atom. The Hall–Kier alpha value is -4.15. The topological polar surface area (TPSA) is 144 Å². The Morgan fingerprint density at radius 3 is 2.03 bits per heavy atom. The highest BCUT2D eigenvalue weighted by Gasteiger charge is 2.27. The zero-order valence-corrected chi connectivity index (χ0v) is 18.4. The molecule has 1 amide bonds. The van der Waals surface area contributed by atoms with Gasteiger partial charge in [0.2, 0.25) is 0 Å². The van der Waals surface area contributed by atoms with Crippen LogP contribution in [0.5, 0.6) is 11.5 Å². The summed E-state index contributed by atoms with van der Waals surface area (Å²) in [5, 5.41) is 2.55. The van der Waals surface area contributed by atoms with E-state index in [1.54, 1.807) is 0 Å². The Labute approximate surface area is 189 Å². The fraction of sp³-hybridized carbons (Fsp3) is 0.318. The van der Waals surface area contributed by atoms with Gasteiger partial charge in [0.25, 0.3) is 5.91 Å². The number of allylic oxidation sites excluding steroid dienone is 1. The highest BCUT2D eigenvalue weighted by Crippen LogP contribution is 2.31. The lowest BCUT2D eigenvalue weighted by atomic mass is 10.1. The van der Waals surface area contributed by atoms with Gasteiger partial charge < -0.3 is 29.0 Å². The van der Waals surface area contributed by atoms with Crippen molar-refractivity contribution in [2.24, 2.45) is 0 Å². The van der Waals surface area contributed by atoms with Crippen molar-refractivity contribution in [3.63, 3.8) is 0 Å². The Balaban J connectivity index is 2.03. The van der Waals surface area contributed by atoms with Crippen LogP contribution >= 0.6 is 0 Å². The third kappa shape index (κ3) is 8.48. The van der Waals surface area contributed by atoms with Crippen LogP contribution in [0.15, 0.2) is 42.2 Å². The van der Waals surface area contributed by atoms with Gasteiger partial charge in [-0.3, -0.25) is 24.0 Å². The van der Waals surface area contributed by atoms with Crippen molar-refractivity contribution in [3.05, 3.63) is 42.2 Å². The highest BCUT2D eigenvalue weighted by molar-refractivity contribution is 5.92. The first-order chi connectivity index (χ1) is 15.5. The molecular formula is C22H23NO10. The smallest absolute Gasteiger partial charge is 0.308 e. The van der Waals surface area contributed by atoms with Gasteiger partial charge in [0.15, 0.2) is 30.3 Å². The second-order valence-electron chi connectivity index (χ2n) is 6.76. The SMILES string of the molecule is CC(=O)Oc1ccc(NC(=O)COC2=CC(OC(C)=O)C(OC(C)=O)C=C2)cc1OC(C)=O. The van der Waals surface area contributed by atoms with Crippen LogP contribution in [-0.2, 0) is 38.2 Å². The molecule has 1 aliphatic rings. The van der Waals surface area contributed by atoms with E-state index in [-0.39, 0.29) is 22.9 Å². The molecule has 0 radical (unpaired) electrons. The average molecular weight is 461 g/mol. The van der Waals surface area contributed by atoms with E-state index in [2.05, 4.69) is 5.32 Å². The molecule has 176 valence electrons. The molecule has 0 aromatic heterocycles. The molecule has 0 spiro atoms. The van der Waals surface area contributed by atoms with Crippen molar-refractivity contribution in [1.29, 1.82) is 0 Å². The van der Waals surface area contributed by atoms with Crippen LogP contribution in [-0.4, -0.2) is 48.6 Å². The van der Waals surface area contributed by atoms with Crippen LogP contribution < -0.4 is 14.8 Å². The highest BCUT2D eigenvalue weighted by atomic mass is 16.6. The van der Waals surface area contributed by atoms with Crippen molar-refractivity contribution >= 4 is 35.5 Å². The maximum Gasteiger partial charge on any atom is 0.308 e. The molecule has 0 fully saturated rings. The van der Waals surface area contributed by atoms with Crippen molar-refractivity contribution in [2.75, 3.05) is 11.9 Å². The van der Waals surface area contributed by atoms with Crippen LogP contribution in [0.2, 0.25) is 0 Å². The first-order valence-electron chi connectivity index (χ1n) is 9.71. The molecule has 2 unspecified atom stereocenters. The van der Waals surface area contributed by atoms with Gasteiger partial charge in [-0.15, -0.1) is 0 Å². The number of carbonyl (C=O) groups is 5. The van der Waals surface area contributed by atoms with Crippen molar-refractivity contribution < 1.29 is 47.7 Å². The van der Waals surface area contributed by atoms with E-state index in [1.807, 2.05) is 0 Å². The monoisotopic (exact) mass is 461 g/mol. The number of amides is 1. The number of hydrogen-bond acceptors (Lipinski definition) is 10. The molecule has 11 heteroatoms. The summed E-state index contributed by atoms with van der Waals surface area (Å²) in [7, 11) is 0. The first-order valence-corrected chi connectivity index (χ1v) is 9.71. The van der Waals surface area contributed by atoms with Gasteiger partial charge in [-0.1, -0.05) is 0 Å². The zero-order chi connectivity index (χ0) is 24.5. The zero-order valence-electron chi connectivity index (χ0n) is 18.4. The molecule has 2 atom stereocenters. The summed E-state index contributed by atoms with van der Waals surface area (Å²) in [6.07, 6.45) is 2.64. The molecule has 0 heterocycles. The molecule has 0 saturated heterocycles. The van der Waals surface area contributed by atoms with Gasteiger partial charge in [-0.25, -0.2) is 0 Å². The molecule has 0 saturated carbocycles. The molecule has 2 rings (SSSR count). The lowest BCUT2D eigenvalue weighted by Gasteiger charge is -2.25. The minimum absolute atomic E-state index is 0.0169. The van der Waals surface area contributed by atoms with E-state index in [0.717, 1.165) is 0 Å². The van der Waals surface area contributed by atoms with Crippen molar-refractivity contribution in [1.82, 2.24) is 0 Å². The number of ether oxygens (including phenoxy) is 5. The lowest BCUT2D eigenvalue weighted by Crippen LogP contribution is -2.33. The summed E-state index contributed by atoms with van der Waals surface area (Å²) < 4.78 is 25.6. The molecule has 1 aromatic rings. The fourth-order valence-electron chi connectivity index (χ4n) is 2.70. The van der Waals surface area contributed by atoms with E-state index in [1.165, 1.54) is 64.1 Å². The Kier molecular flexibility index (Phi) is 8.72. The molecule has 1 aromatic carbocycles. The number of benzene rings is 1. The third-order valence-corrected chi connectivity index (χ3v) is 3.81. The molecule has 11 nitrogen and oxygen atoms in total. The Morgan fingerprint density at radius 2 is 1.42 bits per heavy atom. The summed E-state index contributed by atoms with van der Waals surface area (Å²) in [5.41, 5.74) is 0.261. The minimum atomic E-state index is -0.908. The summed E-state index contributed by atoms with van der Waals surface area (Å²) in [4.78, 5) is 57.3. The largest absolute Gasteiger partial charge is 0.484 e. The van der Waals surface area contributed by atoms with Crippen LogP contribution in [0.1, 0.15) is 27.7 Å². The minimum Gasteiger partial charge on any atom is -0.484 e. The van der Waals surface area contributed by atoms with Crippen LogP contribution in [0, 0.1) is 0 Å². The van der Waals surface area contributed by atoms with Crippen LogP contribution in [0.3, 0.4) is 0 Å². The van der Waals surface area contributed by atoms with Gasteiger partial charge in [0.1, 0.15) is 5.76 Å². The van der Waals surface area contributed by atoms with E-state index < -0.39 is 48.6 Å². The third-order valence-electron chi connectivity index (χ3n) is 3.81. The number of nitrogens with one attached hydrogen (secondary N) is 1. The molecular weight excluding hydrogens is 438 g/mol. The predicted molar refractivity (Wildman–Crippen MR) is 112 cm³/mol. The first kappa shape index (κ1) is 25.1. The van der Waals surface area contributed by atoms with Gasteiger partial charge in [-0.2, -0.15) is 0 Å². The number of anilines is 1. The normalized spacial score (nSPS) is 16.7. The van der Waals surface area contributed by atoms with Crippen molar-refractivity contribution in [3.8, 4) is 11.5 Å². The van der Waals surface area contributed by atoms with E-state index in [0.29, 0.717) is 0 Å². The molecule has 1 aliphatic carbocycles. The van der Waals surface area contributed by atoms with Gasteiger partial charge in [-0.05, 0) is 24.3 Å². The standard InChI is InChI=1S/C22H23NO10/c1-12(24)30-18-7-5-16(9-20(18)32-14(3)26)23-22(28)11-29-17-6-8-19(31-13(2)25)21(10-17)33-15(4)27/h5-10,19,21H,11H2,1-4H3,(H,23,28). The molecule has 1 N–H and O–H groups in total. The number of hydrogen-bond donors (Lipinski definition) is 1. The fourth-order valence-corrected chi connectivity index (χ4v) is 2.70. The second-order valence-corrected chi connectivity index (χ2v) is 6.76. The van der Waals surface area contributed by atoms with Gasteiger partial charge in [0.05, 0.1) is 0 Å². The molecule has 33 heavy (non-hydrogen) atoms. The quantitative estimate of drug-likeness (QED) is 0.449. The maximum atomic E-state index is 12.3. The van der Waals surface area contributed by atoms with Crippen LogP contribution in [0.25, 0.3) is 0 Å². The summed E-state index contributed by atoms with van der Waals surface area (Å²) >= 11 is 0. The summed E-state index contributed by atoms with van der Waals surface area (Å²) in [5.74, 6) is -2.73. The Bertz CT molecular complexity index is 1010. The number of carbonyl (C=O) groups excluding carboxylic acids is 5. The average Bonchev–Trinajstić information content (AvgIpc) is 2.68. The van der Waals surface area contributed by atoms with Gasteiger partial charge in [0, 0.05) is 45.5 Å². The van der Waals surface area contributed by atoms with Crippen molar-refractivity contribution in [2.45, 2.75) is 39.9 Å².